The van der Waals surface area contributed by atoms with Crippen LogP contribution in [0.5, 0.6) is 0 Å². The number of para-hydroxylation sites is 1. The van der Waals surface area contributed by atoms with Gasteiger partial charge in [0.15, 0.2) is 0 Å². The lowest BCUT2D eigenvalue weighted by molar-refractivity contribution is -0.136. The van der Waals surface area contributed by atoms with E-state index in [1.807, 2.05) is 39.0 Å². The third-order valence-corrected chi connectivity index (χ3v) is 4.52. The van der Waals surface area contributed by atoms with Crippen LogP contribution in [-0.2, 0) is 9.59 Å². The second-order valence-corrected chi connectivity index (χ2v) is 6.62. The van der Waals surface area contributed by atoms with Gasteiger partial charge in [-0.25, -0.2) is 0 Å². The predicted molar refractivity (Wildman–Crippen MR) is 90.3 cm³/mol. The second kappa shape index (κ2) is 7.59. The van der Waals surface area contributed by atoms with Crippen molar-refractivity contribution in [2.45, 2.75) is 52.1 Å². The summed E-state index contributed by atoms with van der Waals surface area (Å²) >= 11 is 0. The highest BCUT2D eigenvalue weighted by atomic mass is 16.3. The van der Waals surface area contributed by atoms with Gasteiger partial charge in [-0.15, -0.1) is 0 Å². The number of anilines is 1. The highest BCUT2D eigenvalue weighted by molar-refractivity contribution is 6.39. The van der Waals surface area contributed by atoms with Crippen LogP contribution in [0.4, 0.5) is 5.69 Å². The normalized spacial score (nSPS) is 20.6. The molecule has 1 aromatic carbocycles. The fourth-order valence-corrected chi connectivity index (χ4v) is 3.07. The Morgan fingerprint density at radius 2 is 2.00 bits per heavy atom. The van der Waals surface area contributed by atoms with E-state index in [2.05, 4.69) is 10.6 Å². The Balaban J connectivity index is 1.97. The number of rotatable bonds is 4. The molecule has 126 valence electrons. The van der Waals surface area contributed by atoms with Gasteiger partial charge in [0.25, 0.3) is 0 Å². The molecule has 0 aromatic heterocycles. The average Bonchev–Trinajstić information content (AvgIpc) is 2.91. The van der Waals surface area contributed by atoms with E-state index in [-0.39, 0.29) is 17.9 Å². The third kappa shape index (κ3) is 4.32. The Labute approximate surface area is 137 Å². The number of aliphatic hydroxyl groups excluding tert-OH is 1. The molecule has 5 heteroatoms. The molecule has 23 heavy (non-hydrogen) atoms. The quantitative estimate of drug-likeness (QED) is 0.746. The molecule has 2 amide bonds. The van der Waals surface area contributed by atoms with Crippen molar-refractivity contribution < 1.29 is 14.7 Å². The zero-order valence-electron chi connectivity index (χ0n) is 14.1. The molecule has 2 rings (SSSR count). The minimum Gasteiger partial charge on any atom is -0.393 e. The van der Waals surface area contributed by atoms with Crippen LogP contribution in [0, 0.1) is 12.8 Å². The van der Waals surface area contributed by atoms with E-state index in [1.165, 1.54) is 0 Å². The first-order valence-electron chi connectivity index (χ1n) is 8.27. The molecule has 1 aromatic rings. The molecule has 2 atom stereocenters. The van der Waals surface area contributed by atoms with Gasteiger partial charge in [-0.2, -0.15) is 0 Å². The topological polar surface area (TPSA) is 78.4 Å². The Kier molecular flexibility index (Phi) is 5.77. The van der Waals surface area contributed by atoms with Crippen molar-refractivity contribution in [1.29, 1.82) is 0 Å². The summed E-state index contributed by atoms with van der Waals surface area (Å²) in [6.45, 7) is 6.35. The summed E-state index contributed by atoms with van der Waals surface area (Å²) in [5.74, 6) is -1.01. The van der Waals surface area contributed by atoms with Gasteiger partial charge in [0, 0.05) is 18.2 Å². The van der Waals surface area contributed by atoms with E-state index in [0.717, 1.165) is 30.4 Å². The molecule has 5 nitrogen and oxygen atoms in total. The zero-order valence-corrected chi connectivity index (χ0v) is 14.1. The summed E-state index contributed by atoms with van der Waals surface area (Å²) in [7, 11) is 0. The molecule has 1 fully saturated rings. The van der Waals surface area contributed by atoms with Gasteiger partial charge in [-0.05, 0) is 36.8 Å². The number of aryl methyl sites for hydroxylation is 1. The highest BCUT2D eigenvalue weighted by Gasteiger charge is 2.26. The lowest BCUT2D eigenvalue weighted by Gasteiger charge is -2.17. The van der Waals surface area contributed by atoms with Crippen LogP contribution < -0.4 is 10.6 Å². The molecule has 0 bridgehead atoms. The lowest BCUT2D eigenvalue weighted by Crippen LogP contribution is -2.39. The van der Waals surface area contributed by atoms with Gasteiger partial charge in [-0.1, -0.05) is 38.5 Å². The standard InChI is InChI=1S/C18H26N2O3/c1-11(2)14-8-4-6-12(3)16(14)20-18(23)17(22)19-10-13-7-5-9-15(13)21/h4,6,8,11,13,15,21H,5,7,9-10H2,1-3H3,(H,19,22)(H,20,23). The summed E-state index contributed by atoms with van der Waals surface area (Å²) in [6.07, 6.45) is 2.25. The van der Waals surface area contributed by atoms with Crippen molar-refractivity contribution in [2.24, 2.45) is 5.92 Å². The maximum Gasteiger partial charge on any atom is 0.313 e. The molecule has 2 unspecified atom stereocenters. The number of carbonyl (C=O) groups is 2. The van der Waals surface area contributed by atoms with Gasteiger partial charge in [0.05, 0.1) is 6.10 Å². The molecule has 0 spiro atoms. The average molecular weight is 318 g/mol. The molecule has 0 heterocycles. The van der Waals surface area contributed by atoms with Crippen LogP contribution in [0.25, 0.3) is 0 Å². The molecule has 0 saturated heterocycles. The number of hydrogen-bond donors (Lipinski definition) is 3. The van der Waals surface area contributed by atoms with Gasteiger partial charge in [-0.3, -0.25) is 9.59 Å². The first-order chi connectivity index (χ1) is 10.9. The van der Waals surface area contributed by atoms with E-state index >= 15 is 0 Å². The monoisotopic (exact) mass is 318 g/mol. The van der Waals surface area contributed by atoms with E-state index < -0.39 is 11.8 Å². The van der Waals surface area contributed by atoms with Crippen LogP contribution in [0.2, 0.25) is 0 Å². The number of aliphatic hydroxyl groups is 1. The lowest BCUT2D eigenvalue weighted by atomic mass is 9.98. The summed E-state index contributed by atoms with van der Waals surface area (Å²) in [6, 6.07) is 5.82. The van der Waals surface area contributed by atoms with Crippen molar-refractivity contribution in [3.8, 4) is 0 Å². The van der Waals surface area contributed by atoms with Crippen molar-refractivity contribution >= 4 is 17.5 Å². The van der Waals surface area contributed by atoms with Gasteiger partial charge < -0.3 is 15.7 Å². The fraction of sp³-hybridized carbons (Fsp3) is 0.556. The van der Waals surface area contributed by atoms with E-state index in [9.17, 15) is 14.7 Å². The number of amides is 2. The molecule has 0 radical (unpaired) electrons. The van der Waals surface area contributed by atoms with Crippen molar-refractivity contribution in [3.05, 3.63) is 29.3 Å². The minimum atomic E-state index is -0.659. The fourth-order valence-electron chi connectivity index (χ4n) is 3.07. The van der Waals surface area contributed by atoms with Crippen LogP contribution in [0.15, 0.2) is 18.2 Å². The maximum atomic E-state index is 12.1. The van der Waals surface area contributed by atoms with Crippen molar-refractivity contribution in [3.63, 3.8) is 0 Å². The first kappa shape index (κ1) is 17.5. The molecule has 1 saturated carbocycles. The van der Waals surface area contributed by atoms with E-state index in [1.54, 1.807) is 0 Å². The number of nitrogens with one attached hydrogen (secondary N) is 2. The SMILES string of the molecule is Cc1cccc(C(C)C)c1NC(=O)C(=O)NCC1CCCC1O. The third-order valence-electron chi connectivity index (χ3n) is 4.52. The summed E-state index contributed by atoms with van der Waals surface area (Å²) < 4.78 is 0. The molecule has 1 aliphatic carbocycles. The molecule has 1 aliphatic rings. The first-order valence-corrected chi connectivity index (χ1v) is 8.27. The van der Waals surface area contributed by atoms with Gasteiger partial charge >= 0.3 is 11.8 Å². The number of hydrogen-bond acceptors (Lipinski definition) is 3. The number of carbonyl (C=O) groups excluding carboxylic acids is 2. The smallest absolute Gasteiger partial charge is 0.313 e. The van der Waals surface area contributed by atoms with E-state index in [0.29, 0.717) is 12.2 Å². The molecular formula is C18H26N2O3. The summed E-state index contributed by atoms with van der Waals surface area (Å²) in [5, 5.41) is 15.1. The molecule has 3 N–H and O–H groups in total. The van der Waals surface area contributed by atoms with Crippen molar-refractivity contribution in [2.75, 3.05) is 11.9 Å². The van der Waals surface area contributed by atoms with Crippen molar-refractivity contribution in [1.82, 2.24) is 5.32 Å². The Morgan fingerprint density at radius 1 is 1.26 bits per heavy atom. The predicted octanol–water partition coefficient (Wildman–Crippen LogP) is 2.33. The van der Waals surface area contributed by atoms with Gasteiger partial charge in [0.1, 0.15) is 0 Å². The van der Waals surface area contributed by atoms with Gasteiger partial charge in [0.2, 0.25) is 0 Å². The van der Waals surface area contributed by atoms with Crippen LogP contribution in [0.1, 0.15) is 50.2 Å². The highest BCUT2D eigenvalue weighted by Crippen LogP contribution is 2.27. The molecular weight excluding hydrogens is 292 g/mol. The Morgan fingerprint density at radius 3 is 2.61 bits per heavy atom. The Hall–Kier alpha value is -1.88. The Bertz CT molecular complexity index is 584. The second-order valence-electron chi connectivity index (χ2n) is 6.62. The van der Waals surface area contributed by atoms with Crippen LogP contribution in [-0.4, -0.2) is 29.6 Å². The minimum absolute atomic E-state index is 0.0523. The summed E-state index contributed by atoms with van der Waals surface area (Å²) in [4.78, 5) is 24.1. The maximum absolute atomic E-state index is 12.1. The van der Waals surface area contributed by atoms with E-state index in [4.69, 9.17) is 0 Å². The summed E-state index contributed by atoms with van der Waals surface area (Å²) in [5.41, 5.74) is 2.66. The molecule has 0 aliphatic heterocycles. The largest absolute Gasteiger partial charge is 0.393 e. The number of benzene rings is 1. The van der Waals surface area contributed by atoms with Crippen LogP contribution in [0.3, 0.4) is 0 Å². The van der Waals surface area contributed by atoms with Crippen LogP contribution >= 0.6 is 0 Å². The zero-order chi connectivity index (χ0) is 17.0.